The zero-order valence-electron chi connectivity index (χ0n) is 18.3. The largest absolute Gasteiger partial charge is 0.256 e. The lowest BCUT2D eigenvalue weighted by atomic mass is 10.1. The van der Waals surface area contributed by atoms with Gasteiger partial charge in [-0.2, -0.15) is 0 Å². The summed E-state index contributed by atoms with van der Waals surface area (Å²) in [5, 5.41) is 0. The average molecular weight is 364 g/mol. The third-order valence-corrected chi connectivity index (χ3v) is 5.60. The fourth-order valence-corrected chi connectivity index (χ4v) is 3.82. The van der Waals surface area contributed by atoms with E-state index in [1.165, 1.54) is 116 Å². The van der Waals surface area contributed by atoms with Crippen molar-refractivity contribution in [2.24, 2.45) is 0 Å². The standard InChI is InChI=1S/C24H47N2/c1-4-7-10-12-13-14-16-18-21-26-23-22-25(20-9-6-3)24(26)19-17-15-11-8-5-2/h22-23H,4-21H2,1-3H3/q+1. The lowest BCUT2D eigenvalue weighted by Crippen LogP contribution is -2.37. The van der Waals surface area contributed by atoms with E-state index in [1.807, 2.05) is 0 Å². The second kappa shape index (κ2) is 16.4. The van der Waals surface area contributed by atoms with Crippen LogP contribution < -0.4 is 4.57 Å². The molecule has 0 amide bonds. The summed E-state index contributed by atoms with van der Waals surface area (Å²) in [6, 6.07) is 0. The highest BCUT2D eigenvalue weighted by molar-refractivity contribution is 4.84. The van der Waals surface area contributed by atoms with Crippen LogP contribution in [0.3, 0.4) is 0 Å². The Morgan fingerprint density at radius 2 is 1.19 bits per heavy atom. The highest BCUT2D eigenvalue weighted by Crippen LogP contribution is 2.11. The van der Waals surface area contributed by atoms with Gasteiger partial charge in [-0.3, -0.25) is 0 Å². The Hall–Kier alpha value is -0.790. The number of nitrogens with zero attached hydrogens (tertiary/aromatic N) is 2. The smallest absolute Gasteiger partial charge is 0.234 e. The third-order valence-electron chi connectivity index (χ3n) is 5.60. The molecule has 1 rings (SSSR count). The minimum atomic E-state index is 1.20. The summed E-state index contributed by atoms with van der Waals surface area (Å²) in [5.41, 5.74) is 0. The summed E-state index contributed by atoms with van der Waals surface area (Å²) in [5.74, 6) is 1.58. The molecule has 2 heteroatoms. The summed E-state index contributed by atoms with van der Waals surface area (Å²) >= 11 is 0. The number of rotatable bonds is 18. The van der Waals surface area contributed by atoms with Crippen molar-refractivity contribution >= 4 is 0 Å². The Labute approximate surface area is 164 Å². The van der Waals surface area contributed by atoms with Gasteiger partial charge in [-0.15, -0.1) is 0 Å². The topological polar surface area (TPSA) is 8.81 Å². The zero-order chi connectivity index (χ0) is 18.9. The lowest BCUT2D eigenvalue weighted by Gasteiger charge is -2.06. The number of hydrogen-bond acceptors (Lipinski definition) is 0. The molecule has 2 nitrogen and oxygen atoms in total. The molecule has 0 atom stereocenters. The van der Waals surface area contributed by atoms with Crippen molar-refractivity contribution in [2.75, 3.05) is 0 Å². The molecule has 0 aromatic carbocycles. The van der Waals surface area contributed by atoms with E-state index in [-0.39, 0.29) is 0 Å². The Bertz CT molecular complexity index is 422. The molecule has 0 radical (unpaired) electrons. The molecular weight excluding hydrogens is 316 g/mol. The highest BCUT2D eigenvalue weighted by Gasteiger charge is 2.16. The van der Waals surface area contributed by atoms with E-state index in [0.29, 0.717) is 0 Å². The van der Waals surface area contributed by atoms with Crippen LogP contribution in [0.1, 0.15) is 123 Å². The first-order valence-electron chi connectivity index (χ1n) is 11.9. The van der Waals surface area contributed by atoms with Gasteiger partial charge in [0.2, 0.25) is 0 Å². The van der Waals surface area contributed by atoms with Crippen LogP contribution in [0.5, 0.6) is 0 Å². The van der Waals surface area contributed by atoms with Crippen LogP contribution in [-0.4, -0.2) is 4.57 Å². The summed E-state index contributed by atoms with van der Waals surface area (Å²) in [7, 11) is 0. The van der Waals surface area contributed by atoms with Crippen LogP contribution in [0.25, 0.3) is 0 Å². The molecule has 0 bridgehead atoms. The second-order valence-electron chi connectivity index (χ2n) is 8.09. The Morgan fingerprint density at radius 1 is 0.654 bits per heavy atom. The van der Waals surface area contributed by atoms with Gasteiger partial charge in [0, 0.05) is 6.42 Å². The predicted octanol–water partition coefficient (Wildman–Crippen LogP) is 7.23. The molecule has 1 aromatic heterocycles. The molecule has 0 aliphatic rings. The summed E-state index contributed by atoms with van der Waals surface area (Å²) < 4.78 is 5.10. The van der Waals surface area contributed by atoms with Gasteiger partial charge in [0.15, 0.2) is 0 Å². The molecule has 0 fully saturated rings. The van der Waals surface area contributed by atoms with Crippen molar-refractivity contribution in [1.82, 2.24) is 4.57 Å². The molecule has 0 unspecified atom stereocenters. The summed E-state index contributed by atoms with van der Waals surface area (Å²) in [4.78, 5) is 0. The van der Waals surface area contributed by atoms with E-state index in [0.717, 1.165) is 0 Å². The molecule has 0 spiro atoms. The van der Waals surface area contributed by atoms with Gasteiger partial charge in [-0.05, 0) is 25.7 Å². The van der Waals surface area contributed by atoms with Crippen molar-refractivity contribution in [3.05, 3.63) is 18.2 Å². The van der Waals surface area contributed by atoms with E-state index >= 15 is 0 Å². The SMILES string of the molecule is CCCCCCCCCCn1cc[n+](CCCC)c1CCCCCCC. The highest BCUT2D eigenvalue weighted by atomic mass is 15.1. The van der Waals surface area contributed by atoms with Gasteiger partial charge in [-0.1, -0.05) is 91.4 Å². The van der Waals surface area contributed by atoms with Gasteiger partial charge in [0.1, 0.15) is 12.4 Å². The zero-order valence-corrected chi connectivity index (χ0v) is 18.3. The monoisotopic (exact) mass is 363 g/mol. The van der Waals surface area contributed by atoms with Gasteiger partial charge in [0.25, 0.3) is 5.82 Å². The molecule has 0 aliphatic heterocycles. The van der Waals surface area contributed by atoms with E-state index in [9.17, 15) is 0 Å². The molecule has 0 N–H and O–H groups in total. The van der Waals surface area contributed by atoms with Crippen molar-refractivity contribution < 1.29 is 4.57 Å². The molecule has 1 heterocycles. The second-order valence-corrected chi connectivity index (χ2v) is 8.09. The molecule has 1 aromatic rings. The third kappa shape index (κ3) is 10.4. The first-order valence-corrected chi connectivity index (χ1v) is 11.9. The quantitative estimate of drug-likeness (QED) is 0.192. The maximum atomic E-state index is 2.56. The number of unbranched alkanes of at least 4 members (excludes halogenated alkanes) is 12. The molecule has 152 valence electrons. The lowest BCUT2D eigenvalue weighted by molar-refractivity contribution is -0.704. The number of aryl methyl sites for hydroxylation is 2. The first-order chi connectivity index (χ1) is 12.8. The van der Waals surface area contributed by atoms with Crippen molar-refractivity contribution in [3.63, 3.8) is 0 Å². The van der Waals surface area contributed by atoms with Crippen LogP contribution in [0.2, 0.25) is 0 Å². The predicted molar refractivity (Wildman–Crippen MR) is 115 cm³/mol. The molecular formula is C24H47N2+. The maximum Gasteiger partial charge on any atom is 0.256 e. The van der Waals surface area contributed by atoms with E-state index in [4.69, 9.17) is 0 Å². The molecule has 26 heavy (non-hydrogen) atoms. The molecule has 0 saturated carbocycles. The number of hydrogen-bond donors (Lipinski definition) is 0. The minimum absolute atomic E-state index is 1.20. The van der Waals surface area contributed by atoms with Crippen molar-refractivity contribution in [2.45, 2.75) is 137 Å². The summed E-state index contributed by atoms with van der Waals surface area (Å²) in [6.07, 6.45) is 26.7. The Kier molecular flexibility index (Phi) is 14.7. The minimum Gasteiger partial charge on any atom is -0.234 e. The van der Waals surface area contributed by atoms with Gasteiger partial charge < -0.3 is 0 Å². The Morgan fingerprint density at radius 3 is 1.81 bits per heavy atom. The van der Waals surface area contributed by atoms with E-state index in [1.54, 1.807) is 5.82 Å². The first kappa shape index (κ1) is 23.2. The molecule has 0 saturated heterocycles. The van der Waals surface area contributed by atoms with E-state index < -0.39 is 0 Å². The number of imidazole rings is 1. The van der Waals surface area contributed by atoms with Gasteiger partial charge >= 0.3 is 0 Å². The van der Waals surface area contributed by atoms with Crippen LogP contribution in [0.15, 0.2) is 12.4 Å². The maximum absolute atomic E-state index is 2.56. The van der Waals surface area contributed by atoms with Crippen LogP contribution in [-0.2, 0) is 19.5 Å². The van der Waals surface area contributed by atoms with Crippen LogP contribution in [0, 0.1) is 0 Å². The fraction of sp³-hybridized carbons (Fsp3) is 0.875. The van der Waals surface area contributed by atoms with Crippen molar-refractivity contribution in [1.29, 1.82) is 0 Å². The normalized spacial score (nSPS) is 11.3. The summed E-state index contributed by atoms with van der Waals surface area (Å²) in [6.45, 7) is 9.31. The van der Waals surface area contributed by atoms with Crippen molar-refractivity contribution in [3.8, 4) is 0 Å². The van der Waals surface area contributed by atoms with Gasteiger partial charge in [-0.25, -0.2) is 9.13 Å². The van der Waals surface area contributed by atoms with Crippen LogP contribution in [0.4, 0.5) is 0 Å². The fourth-order valence-electron chi connectivity index (χ4n) is 3.82. The number of aromatic nitrogens is 2. The Balaban J connectivity index is 2.35. The van der Waals surface area contributed by atoms with Crippen LogP contribution >= 0.6 is 0 Å². The molecule has 0 aliphatic carbocycles. The average Bonchev–Trinajstić information content (AvgIpc) is 3.04. The van der Waals surface area contributed by atoms with E-state index in [2.05, 4.69) is 42.3 Å². The van der Waals surface area contributed by atoms with Gasteiger partial charge in [0.05, 0.1) is 13.1 Å².